The van der Waals surface area contributed by atoms with Gasteiger partial charge in [-0.05, 0) is 117 Å². The van der Waals surface area contributed by atoms with Gasteiger partial charge in [0.25, 0.3) is 0 Å². The minimum Gasteiger partial charge on any atom is -0.492 e. The summed E-state index contributed by atoms with van der Waals surface area (Å²) in [4.78, 5) is 14.2. The summed E-state index contributed by atoms with van der Waals surface area (Å²) in [6.45, 7) is 17.5. The van der Waals surface area contributed by atoms with Gasteiger partial charge in [0, 0.05) is 29.3 Å². The summed E-state index contributed by atoms with van der Waals surface area (Å²) in [6, 6.07) is 19.3. The average Bonchev–Trinajstić information content (AvgIpc) is 3.47. The zero-order valence-corrected chi connectivity index (χ0v) is 31.8. The van der Waals surface area contributed by atoms with Crippen molar-refractivity contribution in [2.24, 2.45) is 11.8 Å². The number of thioether (sulfide) groups is 1. The molecule has 0 saturated heterocycles. The lowest BCUT2D eigenvalue weighted by Crippen LogP contribution is -2.29. The molecule has 3 atom stereocenters. The largest absolute Gasteiger partial charge is 0.492 e. The van der Waals surface area contributed by atoms with Crippen molar-refractivity contribution in [3.8, 4) is 17.0 Å². The Bertz CT molecular complexity index is 1410. The summed E-state index contributed by atoms with van der Waals surface area (Å²) in [6.07, 6.45) is 12.4. The second kappa shape index (κ2) is 21.2. The summed E-state index contributed by atoms with van der Waals surface area (Å²) in [7, 11) is 0. The molecule has 1 aromatic heterocycles. The highest BCUT2D eigenvalue weighted by Gasteiger charge is 2.22. The number of hydrogen-bond donors (Lipinski definition) is 0. The van der Waals surface area contributed by atoms with Gasteiger partial charge in [0.15, 0.2) is 6.10 Å². The number of hydrogen-bond acceptors (Lipinski definition) is 5. The summed E-state index contributed by atoms with van der Waals surface area (Å²) in [5, 5.41) is 0. The Hall–Kier alpha value is -2.96. The molecule has 3 rings (SSSR count). The monoisotopic (exact) mass is 675 g/mol. The second-order valence-electron chi connectivity index (χ2n) is 13.0. The number of aryl methyl sites for hydroxylation is 1. The number of benzene rings is 2. The van der Waals surface area contributed by atoms with E-state index >= 15 is 0 Å². The van der Waals surface area contributed by atoms with Crippen LogP contribution in [0.2, 0.25) is 0 Å². The highest BCUT2D eigenvalue weighted by Crippen LogP contribution is 2.34. The van der Waals surface area contributed by atoms with Gasteiger partial charge < -0.3 is 18.8 Å². The highest BCUT2D eigenvalue weighted by molar-refractivity contribution is 7.98. The van der Waals surface area contributed by atoms with Gasteiger partial charge in [0.05, 0.1) is 13.2 Å². The first-order valence-corrected chi connectivity index (χ1v) is 19.5. The Morgan fingerprint density at radius 1 is 0.917 bits per heavy atom. The highest BCUT2D eigenvalue weighted by atomic mass is 32.2. The van der Waals surface area contributed by atoms with Gasteiger partial charge >= 0.3 is 5.97 Å². The molecule has 5 nitrogen and oxygen atoms in total. The van der Waals surface area contributed by atoms with Crippen LogP contribution < -0.4 is 4.74 Å². The number of esters is 1. The van der Waals surface area contributed by atoms with E-state index in [1.165, 1.54) is 65.1 Å². The number of nitrogens with zero attached hydrogens (tertiary/aromatic N) is 1. The van der Waals surface area contributed by atoms with Crippen molar-refractivity contribution in [3.63, 3.8) is 0 Å². The molecule has 2 unspecified atom stereocenters. The van der Waals surface area contributed by atoms with Crippen molar-refractivity contribution < 1.29 is 19.0 Å². The standard InChI is InChI=1S/C42H61NO4S/c1-9-13-15-31(5)32(6)25-27-47-42(44)40(45-12-4)29-34-18-21-37(22-19-34)46-28-26-43-33(7)17-23-39(43)36-20-24-41(48-8)38(30-36)35(11-3)16-14-10-2/h11,17-24,30-32,40H,9-10,12-16,25-29H2,1-8H3/b35-11+/t31?,32?,40-/m0/s1. The number of carbonyl (C=O) groups is 1. The first-order valence-electron chi connectivity index (χ1n) is 18.3. The maximum absolute atomic E-state index is 12.9. The van der Waals surface area contributed by atoms with E-state index in [1.807, 2.05) is 43.0 Å². The molecular formula is C42H61NO4S. The fourth-order valence-corrected chi connectivity index (χ4v) is 6.79. The van der Waals surface area contributed by atoms with Crippen LogP contribution in [0.25, 0.3) is 16.8 Å². The van der Waals surface area contributed by atoms with E-state index < -0.39 is 6.10 Å². The molecule has 6 heteroatoms. The van der Waals surface area contributed by atoms with E-state index in [2.05, 4.69) is 88.8 Å². The van der Waals surface area contributed by atoms with Crippen molar-refractivity contribution >= 4 is 23.3 Å². The van der Waals surface area contributed by atoms with Gasteiger partial charge in [-0.2, -0.15) is 0 Å². The van der Waals surface area contributed by atoms with Crippen LogP contribution in [0.3, 0.4) is 0 Å². The molecule has 0 spiro atoms. The van der Waals surface area contributed by atoms with Crippen LogP contribution >= 0.6 is 11.8 Å². The molecule has 0 saturated carbocycles. The van der Waals surface area contributed by atoms with Crippen LogP contribution in [0.15, 0.2) is 65.6 Å². The third-order valence-electron chi connectivity index (χ3n) is 9.55. The molecule has 0 N–H and O–H groups in total. The first kappa shape index (κ1) is 39.5. The Morgan fingerprint density at radius 2 is 1.65 bits per heavy atom. The second-order valence-corrected chi connectivity index (χ2v) is 13.9. The van der Waals surface area contributed by atoms with Gasteiger partial charge in [0.1, 0.15) is 12.4 Å². The van der Waals surface area contributed by atoms with Crippen LogP contribution in [0, 0.1) is 18.8 Å². The van der Waals surface area contributed by atoms with Crippen LogP contribution in [0.1, 0.15) is 103 Å². The van der Waals surface area contributed by atoms with Gasteiger partial charge in [-0.1, -0.05) is 77.7 Å². The summed E-state index contributed by atoms with van der Waals surface area (Å²) in [5.74, 6) is 1.70. The van der Waals surface area contributed by atoms with Crippen molar-refractivity contribution in [2.75, 3.05) is 26.1 Å². The van der Waals surface area contributed by atoms with E-state index in [-0.39, 0.29) is 5.97 Å². The number of rotatable bonds is 22. The van der Waals surface area contributed by atoms with Gasteiger partial charge in [-0.25, -0.2) is 4.79 Å². The maximum Gasteiger partial charge on any atom is 0.335 e. The zero-order valence-electron chi connectivity index (χ0n) is 31.0. The minimum absolute atomic E-state index is 0.276. The Morgan fingerprint density at radius 3 is 2.31 bits per heavy atom. The lowest BCUT2D eigenvalue weighted by Gasteiger charge is -2.21. The lowest BCUT2D eigenvalue weighted by molar-refractivity contribution is -0.157. The van der Waals surface area contributed by atoms with Crippen LogP contribution in [-0.4, -0.2) is 42.7 Å². The summed E-state index contributed by atoms with van der Waals surface area (Å²) in [5.41, 5.74) is 7.44. The van der Waals surface area contributed by atoms with Crippen LogP contribution in [0.5, 0.6) is 5.75 Å². The molecule has 0 bridgehead atoms. The maximum atomic E-state index is 12.9. The lowest BCUT2D eigenvalue weighted by atomic mass is 9.89. The third kappa shape index (κ3) is 11.9. The molecule has 0 aliphatic rings. The summed E-state index contributed by atoms with van der Waals surface area (Å²) < 4.78 is 20.0. The molecule has 0 aliphatic carbocycles. The number of unbranched alkanes of at least 4 members (excludes halogenated alkanes) is 2. The van der Waals surface area contributed by atoms with Crippen molar-refractivity contribution in [1.82, 2.24) is 4.57 Å². The SMILES string of the molecule is C/C=C(\CCCC)c1cc(-c2ccc(C)n2CCOc2ccc(C[C@H](OCC)C(=O)OCCC(C)C(C)CCCC)cc2)ccc1SC. The normalized spacial score (nSPS) is 13.7. The topological polar surface area (TPSA) is 49.7 Å². The van der Waals surface area contributed by atoms with Crippen molar-refractivity contribution in [3.05, 3.63) is 77.5 Å². The van der Waals surface area contributed by atoms with E-state index in [1.54, 1.807) is 0 Å². The van der Waals surface area contributed by atoms with Crippen molar-refractivity contribution in [2.45, 2.75) is 117 Å². The van der Waals surface area contributed by atoms with Crippen LogP contribution in [-0.2, 0) is 27.2 Å². The molecule has 0 amide bonds. The smallest absolute Gasteiger partial charge is 0.335 e. The molecule has 0 radical (unpaired) electrons. The number of aromatic nitrogens is 1. The molecule has 48 heavy (non-hydrogen) atoms. The van der Waals surface area contributed by atoms with Gasteiger partial charge in [0.2, 0.25) is 0 Å². The Labute approximate surface area is 295 Å². The fraction of sp³-hybridized carbons (Fsp3) is 0.548. The average molecular weight is 676 g/mol. The Balaban J connectivity index is 1.58. The van der Waals surface area contributed by atoms with E-state index in [9.17, 15) is 4.79 Å². The number of carbonyl (C=O) groups excluding carboxylic acids is 1. The zero-order chi connectivity index (χ0) is 34.9. The fourth-order valence-electron chi connectivity index (χ4n) is 6.17. The predicted octanol–water partition coefficient (Wildman–Crippen LogP) is 11.2. The molecule has 2 aromatic carbocycles. The number of ether oxygens (including phenoxy) is 3. The van der Waals surface area contributed by atoms with E-state index in [0.717, 1.165) is 30.7 Å². The predicted molar refractivity (Wildman–Crippen MR) is 204 cm³/mol. The molecule has 0 aliphatic heterocycles. The van der Waals surface area contributed by atoms with E-state index in [0.29, 0.717) is 38.1 Å². The molecule has 1 heterocycles. The van der Waals surface area contributed by atoms with Crippen molar-refractivity contribution in [1.29, 1.82) is 0 Å². The minimum atomic E-state index is -0.606. The molecular weight excluding hydrogens is 615 g/mol. The van der Waals surface area contributed by atoms with Crippen LogP contribution in [0.4, 0.5) is 0 Å². The number of allylic oxidation sites excluding steroid dienone is 2. The summed E-state index contributed by atoms with van der Waals surface area (Å²) >= 11 is 1.81. The van der Waals surface area contributed by atoms with Gasteiger partial charge in [-0.3, -0.25) is 0 Å². The molecule has 3 aromatic rings. The Kier molecular flexibility index (Phi) is 17.4. The molecule has 264 valence electrons. The quantitative estimate of drug-likeness (QED) is 0.0783. The van der Waals surface area contributed by atoms with E-state index in [4.69, 9.17) is 14.2 Å². The third-order valence-corrected chi connectivity index (χ3v) is 10.3. The molecule has 0 fully saturated rings. The van der Waals surface area contributed by atoms with Gasteiger partial charge in [-0.15, -0.1) is 11.8 Å². The first-order chi connectivity index (χ1) is 23.3.